The maximum absolute atomic E-state index is 11.7. The Labute approximate surface area is 135 Å². The van der Waals surface area contributed by atoms with Crippen molar-refractivity contribution in [2.45, 2.75) is 66.2 Å². The summed E-state index contributed by atoms with van der Waals surface area (Å²) in [5.41, 5.74) is 3.23. The predicted octanol–water partition coefficient (Wildman–Crippen LogP) is 5.05. The summed E-state index contributed by atoms with van der Waals surface area (Å²) in [5, 5.41) is 0. The zero-order chi connectivity index (χ0) is 16.0. The van der Waals surface area contributed by atoms with Crippen LogP contribution in [0.4, 0.5) is 0 Å². The highest BCUT2D eigenvalue weighted by atomic mass is 16.5. The molecule has 1 aliphatic heterocycles. The van der Waals surface area contributed by atoms with E-state index in [4.69, 9.17) is 4.74 Å². The van der Waals surface area contributed by atoms with Gasteiger partial charge in [-0.1, -0.05) is 44.9 Å². The number of carbonyl (C=O) groups excluding carboxylic acids is 1. The van der Waals surface area contributed by atoms with Crippen molar-refractivity contribution < 1.29 is 9.53 Å². The van der Waals surface area contributed by atoms with Crippen LogP contribution < -0.4 is 0 Å². The van der Waals surface area contributed by atoms with Gasteiger partial charge in [-0.05, 0) is 55.3 Å². The van der Waals surface area contributed by atoms with Crippen molar-refractivity contribution >= 4 is 5.97 Å². The van der Waals surface area contributed by atoms with Gasteiger partial charge in [0.1, 0.15) is 0 Å². The van der Waals surface area contributed by atoms with Crippen LogP contribution in [0.15, 0.2) is 23.3 Å². The molecule has 122 valence electrons. The zero-order valence-electron chi connectivity index (χ0n) is 14.6. The number of carbonyl (C=O) groups is 1. The lowest BCUT2D eigenvalue weighted by Crippen LogP contribution is -2.48. The minimum absolute atomic E-state index is 0.0943. The van der Waals surface area contributed by atoms with Crippen LogP contribution in [0.2, 0.25) is 0 Å². The fraction of sp³-hybridized carbons (Fsp3) is 0.750. The molecule has 0 spiro atoms. The average Bonchev–Trinajstić information content (AvgIpc) is 2.82. The van der Waals surface area contributed by atoms with Crippen molar-refractivity contribution in [1.82, 2.24) is 0 Å². The number of hydrogen-bond acceptors (Lipinski definition) is 2. The molecule has 0 amide bonds. The molecule has 3 aliphatic rings. The molecule has 0 aromatic rings. The first-order chi connectivity index (χ1) is 10.3. The number of esters is 1. The molecule has 3 rings (SSSR count). The Kier molecular flexibility index (Phi) is 3.99. The lowest BCUT2D eigenvalue weighted by molar-refractivity contribution is -0.135. The number of rotatable bonds is 2. The summed E-state index contributed by atoms with van der Waals surface area (Å²) in [7, 11) is 0. The van der Waals surface area contributed by atoms with E-state index in [1.54, 1.807) is 0 Å². The highest BCUT2D eigenvalue weighted by Crippen LogP contribution is 2.60. The Morgan fingerprint density at radius 1 is 1.32 bits per heavy atom. The first kappa shape index (κ1) is 15.8. The lowest BCUT2D eigenvalue weighted by atomic mass is 9.48. The summed E-state index contributed by atoms with van der Waals surface area (Å²) in [6.45, 7) is 10.3. The van der Waals surface area contributed by atoms with Gasteiger partial charge in [-0.3, -0.25) is 0 Å². The monoisotopic (exact) mass is 302 g/mol. The molecule has 1 saturated carbocycles. The van der Waals surface area contributed by atoms with Crippen molar-refractivity contribution in [3.8, 4) is 0 Å². The Hall–Kier alpha value is -1.05. The predicted molar refractivity (Wildman–Crippen MR) is 89.4 cm³/mol. The van der Waals surface area contributed by atoms with Gasteiger partial charge in [0.05, 0.1) is 6.61 Å². The molecule has 0 bridgehead atoms. The van der Waals surface area contributed by atoms with Crippen LogP contribution in [-0.4, -0.2) is 12.6 Å². The number of ether oxygens (including phenoxy) is 1. The molecule has 1 heterocycles. The van der Waals surface area contributed by atoms with Gasteiger partial charge < -0.3 is 4.74 Å². The summed E-state index contributed by atoms with van der Waals surface area (Å²) in [6, 6.07) is 0. The first-order valence-corrected chi connectivity index (χ1v) is 8.87. The van der Waals surface area contributed by atoms with Crippen LogP contribution >= 0.6 is 0 Å². The van der Waals surface area contributed by atoms with Crippen LogP contribution in [0.5, 0.6) is 0 Å². The van der Waals surface area contributed by atoms with Crippen LogP contribution in [0.1, 0.15) is 66.2 Å². The van der Waals surface area contributed by atoms with Gasteiger partial charge in [-0.25, -0.2) is 4.79 Å². The van der Waals surface area contributed by atoms with Crippen molar-refractivity contribution in [2.75, 3.05) is 6.61 Å². The third-order valence-electron chi connectivity index (χ3n) is 6.76. The molecule has 2 fully saturated rings. The van der Waals surface area contributed by atoms with Gasteiger partial charge in [0.25, 0.3) is 0 Å². The molecule has 0 unspecified atom stereocenters. The quantitative estimate of drug-likeness (QED) is 0.405. The minimum atomic E-state index is -0.0943. The normalized spacial score (nSPS) is 39.4. The Morgan fingerprint density at radius 3 is 2.77 bits per heavy atom. The smallest absolute Gasteiger partial charge is 0.333 e. The number of cyclic esters (lactones) is 1. The van der Waals surface area contributed by atoms with Crippen LogP contribution in [0, 0.1) is 22.7 Å². The van der Waals surface area contributed by atoms with E-state index in [0.717, 1.165) is 24.3 Å². The molecule has 2 aliphatic carbocycles. The molecule has 2 heteroatoms. The summed E-state index contributed by atoms with van der Waals surface area (Å²) in [6.07, 6.45) is 11.7. The van der Waals surface area contributed by atoms with E-state index in [1.165, 1.54) is 31.3 Å². The molecule has 0 aromatic carbocycles. The van der Waals surface area contributed by atoms with E-state index in [1.807, 2.05) is 0 Å². The van der Waals surface area contributed by atoms with E-state index in [-0.39, 0.29) is 5.97 Å². The second-order valence-corrected chi connectivity index (χ2v) is 8.49. The second kappa shape index (κ2) is 5.54. The Balaban J connectivity index is 1.86. The summed E-state index contributed by atoms with van der Waals surface area (Å²) in [4.78, 5) is 11.7. The van der Waals surface area contributed by atoms with E-state index in [9.17, 15) is 4.79 Å². The van der Waals surface area contributed by atoms with Crippen molar-refractivity contribution in [2.24, 2.45) is 22.7 Å². The van der Waals surface area contributed by atoms with Crippen molar-refractivity contribution in [1.29, 1.82) is 0 Å². The topological polar surface area (TPSA) is 26.3 Å². The Morgan fingerprint density at radius 2 is 2.09 bits per heavy atom. The molecule has 0 radical (unpaired) electrons. The molecular weight excluding hydrogens is 272 g/mol. The maximum atomic E-state index is 11.7. The second-order valence-electron chi connectivity index (χ2n) is 8.49. The molecule has 2 nitrogen and oxygen atoms in total. The SMILES string of the molecule is CC1=CC[C@H]2C(C)(C)CCC[C@]2(C)[C@H]1C/C=C1\CCOC1=O. The third-order valence-corrected chi connectivity index (χ3v) is 6.76. The third kappa shape index (κ3) is 2.55. The maximum Gasteiger partial charge on any atom is 0.333 e. The summed E-state index contributed by atoms with van der Waals surface area (Å²) < 4.78 is 5.08. The molecule has 22 heavy (non-hydrogen) atoms. The van der Waals surface area contributed by atoms with Crippen LogP contribution in [0.3, 0.4) is 0 Å². The van der Waals surface area contributed by atoms with E-state index < -0.39 is 0 Å². The fourth-order valence-corrected chi connectivity index (χ4v) is 5.49. The highest BCUT2D eigenvalue weighted by molar-refractivity contribution is 5.90. The van der Waals surface area contributed by atoms with E-state index >= 15 is 0 Å². The lowest BCUT2D eigenvalue weighted by Gasteiger charge is -2.56. The average molecular weight is 302 g/mol. The van der Waals surface area contributed by atoms with Crippen molar-refractivity contribution in [3.63, 3.8) is 0 Å². The molecular formula is C20H30O2. The highest BCUT2D eigenvalue weighted by Gasteiger charge is 2.51. The van der Waals surface area contributed by atoms with Gasteiger partial charge in [0.15, 0.2) is 0 Å². The van der Waals surface area contributed by atoms with Gasteiger partial charge in [-0.2, -0.15) is 0 Å². The first-order valence-electron chi connectivity index (χ1n) is 8.87. The largest absolute Gasteiger partial charge is 0.462 e. The molecule has 1 saturated heterocycles. The van der Waals surface area contributed by atoms with E-state index in [0.29, 0.717) is 23.4 Å². The molecule has 0 N–H and O–H groups in total. The summed E-state index contributed by atoms with van der Waals surface area (Å²) in [5.74, 6) is 1.24. The van der Waals surface area contributed by atoms with Gasteiger partial charge in [0, 0.05) is 12.0 Å². The van der Waals surface area contributed by atoms with Gasteiger partial charge in [0.2, 0.25) is 0 Å². The molecule has 0 aromatic heterocycles. The van der Waals surface area contributed by atoms with Crippen LogP contribution in [0.25, 0.3) is 0 Å². The number of allylic oxidation sites excluding steroid dienone is 3. The number of fused-ring (bicyclic) bond motifs is 1. The molecule has 3 atom stereocenters. The number of hydrogen-bond donors (Lipinski definition) is 0. The van der Waals surface area contributed by atoms with Crippen molar-refractivity contribution in [3.05, 3.63) is 23.3 Å². The van der Waals surface area contributed by atoms with Gasteiger partial charge >= 0.3 is 5.97 Å². The zero-order valence-corrected chi connectivity index (χ0v) is 14.6. The minimum Gasteiger partial charge on any atom is -0.462 e. The summed E-state index contributed by atoms with van der Waals surface area (Å²) >= 11 is 0. The standard InChI is InChI=1S/C20H30O2/c1-14-6-9-17-19(2,3)11-5-12-20(17,4)16(14)8-7-15-10-13-22-18(15)21/h6-7,16-17H,5,8-13H2,1-4H3/b15-7+/t16-,17-,20+/m0/s1. The van der Waals surface area contributed by atoms with Gasteiger partial charge in [-0.15, -0.1) is 0 Å². The fourth-order valence-electron chi connectivity index (χ4n) is 5.49. The van der Waals surface area contributed by atoms with Crippen LogP contribution in [-0.2, 0) is 9.53 Å². The van der Waals surface area contributed by atoms with E-state index in [2.05, 4.69) is 39.8 Å². The Bertz CT molecular complexity index is 526.